The summed E-state index contributed by atoms with van der Waals surface area (Å²) in [4.78, 5) is 8.14. The van der Waals surface area contributed by atoms with E-state index in [4.69, 9.17) is 14.3 Å². The van der Waals surface area contributed by atoms with Crippen LogP contribution < -0.4 is 4.74 Å². The van der Waals surface area contributed by atoms with E-state index in [1.807, 2.05) is 30.3 Å². The number of oxime groups is 1. The molecule has 5 nitrogen and oxygen atoms in total. The molecule has 0 radical (unpaired) electrons. The Hall–Kier alpha value is -2.37. The molecule has 26 heavy (non-hydrogen) atoms. The van der Waals surface area contributed by atoms with Crippen LogP contribution in [0.5, 0.6) is 5.75 Å². The number of ether oxygens (including phenoxy) is 2. The first-order valence-electron chi connectivity index (χ1n) is 9.05. The highest BCUT2D eigenvalue weighted by atomic mass is 16.6. The standard InChI is InChI=1S/C21H24N2O3/c1-24-11-12-25-18-9-7-16(8-10-18)13-23-14-19-20(15-23)26-22-21(19)17-5-3-2-4-6-17/h2-10,19-20H,11-15H2,1H3/t19-,20+/m0/s1. The fraction of sp³-hybridized carbons (Fsp3) is 0.381. The minimum atomic E-state index is 0.168. The van der Waals surface area contributed by atoms with Gasteiger partial charge in [0.25, 0.3) is 0 Å². The Morgan fingerprint density at radius 2 is 1.85 bits per heavy atom. The molecule has 0 aromatic heterocycles. The van der Waals surface area contributed by atoms with Crippen molar-refractivity contribution < 1.29 is 14.3 Å². The van der Waals surface area contributed by atoms with Gasteiger partial charge in [-0.25, -0.2) is 0 Å². The molecule has 2 atom stereocenters. The summed E-state index contributed by atoms with van der Waals surface area (Å²) in [6.07, 6.45) is 0.168. The van der Waals surface area contributed by atoms with Crippen molar-refractivity contribution in [3.63, 3.8) is 0 Å². The molecule has 0 unspecified atom stereocenters. The number of hydrogen-bond acceptors (Lipinski definition) is 5. The predicted molar refractivity (Wildman–Crippen MR) is 100 cm³/mol. The number of methoxy groups -OCH3 is 1. The first-order valence-corrected chi connectivity index (χ1v) is 9.05. The zero-order valence-electron chi connectivity index (χ0n) is 15.0. The van der Waals surface area contributed by atoms with Crippen LogP contribution in [0.1, 0.15) is 11.1 Å². The van der Waals surface area contributed by atoms with Crippen molar-refractivity contribution in [2.45, 2.75) is 12.6 Å². The maximum atomic E-state index is 5.70. The highest BCUT2D eigenvalue weighted by molar-refractivity contribution is 6.03. The largest absolute Gasteiger partial charge is 0.491 e. The van der Waals surface area contributed by atoms with Gasteiger partial charge in [-0.3, -0.25) is 4.90 Å². The number of likely N-dealkylation sites (tertiary alicyclic amines) is 1. The summed E-state index contributed by atoms with van der Waals surface area (Å²) in [5, 5.41) is 4.34. The van der Waals surface area contributed by atoms with Gasteiger partial charge in [0.1, 0.15) is 18.5 Å². The lowest BCUT2D eigenvalue weighted by Gasteiger charge is -2.16. The molecule has 1 saturated heterocycles. The van der Waals surface area contributed by atoms with Gasteiger partial charge in [-0.2, -0.15) is 0 Å². The third-order valence-electron chi connectivity index (χ3n) is 4.93. The highest BCUT2D eigenvalue weighted by Crippen LogP contribution is 2.31. The topological polar surface area (TPSA) is 43.3 Å². The Labute approximate surface area is 154 Å². The van der Waals surface area contributed by atoms with Crippen LogP contribution in [0.15, 0.2) is 59.8 Å². The normalized spacial score (nSPS) is 22.0. The average Bonchev–Trinajstić information content (AvgIpc) is 3.24. The van der Waals surface area contributed by atoms with Crippen LogP contribution in [0.3, 0.4) is 0 Å². The van der Waals surface area contributed by atoms with E-state index in [2.05, 4.69) is 34.3 Å². The lowest BCUT2D eigenvalue weighted by atomic mass is 9.95. The summed E-state index contributed by atoms with van der Waals surface area (Å²) < 4.78 is 10.6. The van der Waals surface area contributed by atoms with E-state index >= 15 is 0 Å². The predicted octanol–water partition coefficient (Wildman–Crippen LogP) is 2.95. The van der Waals surface area contributed by atoms with E-state index in [0.29, 0.717) is 19.1 Å². The minimum Gasteiger partial charge on any atom is -0.491 e. The Balaban J connectivity index is 1.34. The Morgan fingerprint density at radius 3 is 2.62 bits per heavy atom. The number of fused-ring (bicyclic) bond motifs is 1. The van der Waals surface area contributed by atoms with E-state index in [1.54, 1.807) is 7.11 Å². The van der Waals surface area contributed by atoms with Crippen LogP contribution in [-0.4, -0.2) is 50.1 Å². The SMILES string of the molecule is COCCOc1ccc(CN2C[C@@H]3C(c4ccccc4)=NO[C@@H]3C2)cc1. The molecule has 2 heterocycles. The molecule has 2 aromatic carbocycles. The van der Waals surface area contributed by atoms with Crippen molar-refractivity contribution in [2.24, 2.45) is 11.1 Å². The lowest BCUT2D eigenvalue weighted by molar-refractivity contribution is 0.0745. The van der Waals surface area contributed by atoms with Crippen molar-refractivity contribution in [3.8, 4) is 5.75 Å². The summed E-state index contributed by atoms with van der Waals surface area (Å²) in [6, 6.07) is 18.6. The van der Waals surface area contributed by atoms with Crippen LogP contribution in [0.4, 0.5) is 0 Å². The van der Waals surface area contributed by atoms with Gasteiger partial charge < -0.3 is 14.3 Å². The van der Waals surface area contributed by atoms with Gasteiger partial charge in [-0.1, -0.05) is 47.6 Å². The third kappa shape index (κ3) is 3.74. The van der Waals surface area contributed by atoms with Crippen LogP contribution in [-0.2, 0) is 16.1 Å². The van der Waals surface area contributed by atoms with Gasteiger partial charge in [-0.05, 0) is 23.3 Å². The zero-order chi connectivity index (χ0) is 17.8. The lowest BCUT2D eigenvalue weighted by Crippen LogP contribution is -2.23. The van der Waals surface area contributed by atoms with E-state index in [-0.39, 0.29) is 6.10 Å². The number of nitrogens with zero attached hydrogens (tertiary/aromatic N) is 2. The van der Waals surface area contributed by atoms with Gasteiger partial charge in [0.15, 0.2) is 0 Å². The van der Waals surface area contributed by atoms with Crippen molar-refractivity contribution >= 4 is 5.71 Å². The number of rotatable bonds is 7. The first kappa shape index (κ1) is 17.1. The van der Waals surface area contributed by atoms with Gasteiger partial charge in [0.2, 0.25) is 0 Å². The molecule has 0 N–H and O–H groups in total. The summed E-state index contributed by atoms with van der Waals surface area (Å²) >= 11 is 0. The molecule has 2 aliphatic rings. The smallest absolute Gasteiger partial charge is 0.149 e. The van der Waals surface area contributed by atoms with Crippen LogP contribution in [0.2, 0.25) is 0 Å². The van der Waals surface area contributed by atoms with Gasteiger partial charge in [0, 0.05) is 26.7 Å². The molecule has 2 aliphatic heterocycles. The van der Waals surface area contributed by atoms with Crippen molar-refractivity contribution in [3.05, 3.63) is 65.7 Å². The summed E-state index contributed by atoms with van der Waals surface area (Å²) in [6.45, 7) is 3.98. The molecule has 0 aliphatic carbocycles. The summed E-state index contributed by atoms with van der Waals surface area (Å²) in [5.74, 6) is 1.24. The molecule has 0 amide bonds. The quantitative estimate of drug-likeness (QED) is 0.719. The maximum Gasteiger partial charge on any atom is 0.149 e. The summed E-state index contributed by atoms with van der Waals surface area (Å²) in [7, 11) is 1.68. The summed E-state index contributed by atoms with van der Waals surface area (Å²) in [5.41, 5.74) is 3.53. The van der Waals surface area contributed by atoms with Crippen LogP contribution in [0, 0.1) is 5.92 Å². The second-order valence-electron chi connectivity index (χ2n) is 6.77. The van der Waals surface area contributed by atoms with Gasteiger partial charge in [-0.15, -0.1) is 0 Å². The fourth-order valence-electron chi connectivity index (χ4n) is 3.61. The molecule has 136 valence electrons. The number of benzene rings is 2. The molecule has 1 fully saturated rings. The molecule has 5 heteroatoms. The van der Waals surface area contributed by atoms with Crippen molar-refractivity contribution in [1.82, 2.24) is 4.90 Å². The van der Waals surface area contributed by atoms with Crippen molar-refractivity contribution in [2.75, 3.05) is 33.4 Å². The molecular weight excluding hydrogens is 328 g/mol. The van der Waals surface area contributed by atoms with Gasteiger partial charge in [0.05, 0.1) is 18.2 Å². The fourth-order valence-corrected chi connectivity index (χ4v) is 3.61. The van der Waals surface area contributed by atoms with Crippen LogP contribution >= 0.6 is 0 Å². The zero-order valence-corrected chi connectivity index (χ0v) is 15.0. The molecule has 0 bridgehead atoms. The molecule has 4 rings (SSSR count). The monoisotopic (exact) mass is 352 g/mol. The Morgan fingerprint density at radius 1 is 1.04 bits per heavy atom. The second kappa shape index (κ2) is 7.89. The van der Waals surface area contributed by atoms with E-state index < -0.39 is 0 Å². The molecule has 0 saturated carbocycles. The van der Waals surface area contributed by atoms with Crippen molar-refractivity contribution in [1.29, 1.82) is 0 Å². The van der Waals surface area contributed by atoms with Crippen LogP contribution in [0.25, 0.3) is 0 Å². The highest BCUT2D eigenvalue weighted by Gasteiger charge is 2.42. The number of hydrogen-bond donors (Lipinski definition) is 0. The molecule has 0 spiro atoms. The first-order chi connectivity index (χ1) is 12.8. The maximum absolute atomic E-state index is 5.70. The minimum absolute atomic E-state index is 0.168. The van der Waals surface area contributed by atoms with E-state index in [1.165, 1.54) is 11.1 Å². The molecule has 2 aromatic rings. The van der Waals surface area contributed by atoms with Gasteiger partial charge >= 0.3 is 0 Å². The van der Waals surface area contributed by atoms with E-state index in [0.717, 1.165) is 31.1 Å². The second-order valence-corrected chi connectivity index (χ2v) is 6.77. The van der Waals surface area contributed by atoms with E-state index in [9.17, 15) is 0 Å². The average molecular weight is 352 g/mol. The Bertz CT molecular complexity index is 746. The Kier molecular flexibility index (Phi) is 5.18. The molecular formula is C21H24N2O3. The third-order valence-corrected chi connectivity index (χ3v) is 4.93.